The van der Waals surface area contributed by atoms with Gasteiger partial charge in [0, 0.05) is 24.0 Å². The first-order valence-corrected chi connectivity index (χ1v) is 4.77. The fourth-order valence-electron chi connectivity index (χ4n) is 1.38. The fourth-order valence-corrected chi connectivity index (χ4v) is 1.38. The molecule has 0 radical (unpaired) electrons. The lowest BCUT2D eigenvalue weighted by Gasteiger charge is -2.14. The number of nitrogens with zero attached hydrogens (tertiary/aromatic N) is 4. The number of hydrogen-bond donors (Lipinski definition) is 0. The second kappa shape index (κ2) is 3.06. The molecule has 0 saturated heterocycles. The zero-order chi connectivity index (χ0) is 11.1. The topological polar surface area (TPSA) is 54.0 Å². The van der Waals surface area contributed by atoms with Crippen LogP contribution in [0.2, 0.25) is 0 Å². The normalized spacial score (nSPS) is 11.6. The molecule has 2 rings (SSSR count). The molecule has 0 unspecified atom stereocenters. The maximum absolute atomic E-state index is 9.02. The highest BCUT2D eigenvalue weighted by atomic mass is 15.2. The zero-order valence-corrected chi connectivity index (χ0v) is 9.02. The molecule has 15 heavy (non-hydrogen) atoms. The predicted molar refractivity (Wildman–Crippen MR) is 56.4 cm³/mol. The van der Waals surface area contributed by atoms with Crippen molar-refractivity contribution in [1.29, 1.82) is 5.26 Å². The molecule has 0 bridgehead atoms. The van der Waals surface area contributed by atoms with E-state index in [0.29, 0.717) is 0 Å². The molecule has 0 aliphatic rings. The maximum Gasteiger partial charge on any atom is 0.155 e. The van der Waals surface area contributed by atoms with Crippen LogP contribution in [-0.2, 0) is 5.41 Å². The SMILES string of the molecule is Cc1cc2ncc(C(C)(C)C#N)cn2n1. The molecule has 0 saturated carbocycles. The van der Waals surface area contributed by atoms with Crippen LogP contribution in [0.5, 0.6) is 0 Å². The Morgan fingerprint density at radius 2 is 2.20 bits per heavy atom. The maximum atomic E-state index is 9.02. The second-order valence-corrected chi connectivity index (χ2v) is 4.17. The molecule has 4 nitrogen and oxygen atoms in total. The van der Waals surface area contributed by atoms with Crippen LogP contribution >= 0.6 is 0 Å². The summed E-state index contributed by atoms with van der Waals surface area (Å²) in [6, 6.07) is 4.15. The van der Waals surface area contributed by atoms with Gasteiger partial charge in [-0.25, -0.2) is 9.50 Å². The minimum absolute atomic E-state index is 0.527. The van der Waals surface area contributed by atoms with Gasteiger partial charge in [-0.1, -0.05) is 0 Å². The van der Waals surface area contributed by atoms with E-state index < -0.39 is 5.41 Å². The summed E-state index contributed by atoms with van der Waals surface area (Å²) in [5.74, 6) is 0. The summed E-state index contributed by atoms with van der Waals surface area (Å²) in [7, 11) is 0. The molecule has 2 aromatic heterocycles. The van der Waals surface area contributed by atoms with Crippen LogP contribution in [0.15, 0.2) is 18.5 Å². The van der Waals surface area contributed by atoms with Crippen molar-refractivity contribution in [3.05, 3.63) is 29.7 Å². The first kappa shape index (κ1) is 9.66. The molecule has 0 N–H and O–H groups in total. The highest BCUT2D eigenvalue weighted by Crippen LogP contribution is 2.21. The fraction of sp³-hybridized carbons (Fsp3) is 0.364. The molecule has 0 atom stereocenters. The van der Waals surface area contributed by atoms with Crippen molar-refractivity contribution in [3.8, 4) is 6.07 Å². The van der Waals surface area contributed by atoms with E-state index in [0.717, 1.165) is 16.9 Å². The summed E-state index contributed by atoms with van der Waals surface area (Å²) in [5.41, 5.74) is 2.08. The van der Waals surface area contributed by atoms with Gasteiger partial charge in [-0.2, -0.15) is 10.4 Å². The molecule has 0 fully saturated rings. The third-order valence-corrected chi connectivity index (χ3v) is 2.44. The lowest BCUT2D eigenvalue weighted by molar-refractivity contribution is 0.671. The molecule has 0 amide bonds. The summed E-state index contributed by atoms with van der Waals surface area (Å²) >= 11 is 0. The van der Waals surface area contributed by atoms with Crippen molar-refractivity contribution >= 4 is 5.65 Å². The average Bonchev–Trinajstić information content (AvgIpc) is 2.56. The zero-order valence-electron chi connectivity index (χ0n) is 9.02. The summed E-state index contributed by atoms with van der Waals surface area (Å²) in [6.45, 7) is 5.65. The van der Waals surface area contributed by atoms with Crippen LogP contribution in [-0.4, -0.2) is 14.6 Å². The minimum atomic E-state index is -0.527. The Bertz CT molecular complexity index is 545. The van der Waals surface area contributed by atoms with E-state index in [-0.39, 0.29) is 0 Å². The summed E-state index contributed by atoms with van der Waals surface area (Å²) in [5, 5.41) is 13.3. The Balaban J connectivity index is 2.62. The highest BCUT2D eigenvalue weighted by Gasteiger charge is 2.20. The quantitative estimate of drug-likeness (QED) is 0.705. The molecule has 2 aromatic rings. The molecular formula is C11H12N4. The van der Waals surface area contributed by atoms with Gasteiger partial charge in [0.1, 0.15) is 0 Å². The Labute approximate surface area is 88.2 Å². The van der Waals surface area contributed by atoms with E-state index >= 15 is 0 Å². The third kappa shape index (κ3) is 1.57. The average molecular weight is 200 g/mol. The van der Waals surface area contributed by atoms with E-state index in [1.165, 1.54) is 0 Å². The summed E-state index contributed by atoms with van der Waals surface area (Å²) < 4.78 is 1.71. The molecule has 0 aliphatic heterocycles. The number of nitriles is 1. The van der Waals surface area contributed by atoms with Crippen LogP contribution in [0.4, 0.5) is 0 Å². The van der Waals surface area contributed by atoms with Gasteiger partial charge in [0.2, 0.25) is 0 Å². The van der Waals surface area contributed by atoms with E-state index in [2.05, 4.69) is 16.2 Å². The monoisotopic (exact) mass is 200 g/mol. The van der Waals surface area contributed by atoms with Gasteiger partial charge in [-0.05, 0) is 20.8 Å². The van der Waals surface area contributed by atoms with Gasteiger partial charge in [-0.15, -0.1) is 0 Å². The Hall–Kier alpha value is -1.89. The van der Waals surface area contributed by atoms with Gasteiger partial charge in [-0.3, -0.25) is 0 Å². The van der Waals surface area contributed by atoms with E-state index in [1.807, 2.05) is 33.0 Å². The first-order valence-electron chi connectivity index (χ1n) is 4.77. The molecule has 0 aromatic carbocycles. The van der Waals surface area contributed by atoms with Crippen molar-refractivity contribution in [3.63, 3.8) is 0 Å². The van der Waals surface area contributed by atoms with E-state index in [4.69, 9.17) is 5.26 Å². The van der Waals surface area contributed by atoms with Gasteiger partial charge in [0.05, 0.1) is 17.2 Å². The number of fused-ring (bicyclic) bond motifs is 1. The number of rotatable bonds is 1. The van der Waals surface area contributed by atoms with E-state index in [1.54, 1.807) is 10.7 Å². The number of aromatic nitrogens is 3. The third-order valence-electron chi connectivity index (χ3n) is 2.44. The van der Waals surface area contributed by atoms with Crippen molar-refractivity contribution < 1.29 is 0 Å². The Morgan fingerprint density at radius 1 is 1.47 bits per heavy atom. The predicted octanol–water partition coefficient (Wildman–Crippen LogP) is 1.84. The van der Waals surface area contributed by atoms with Crippen molar-refractivity contribution in [2.75, 3.05) is 0 Å². The van der Waals surface area contributed by atoms with E-state index in [9.17, 15) is 0 Å². The van der Waals surface area contributed by atoms with Crippen LogP contribution < -0.4 is 0 Å². The highest BCUT2D eigenvalue weighted by molar-refractivity contribution is 5.40. The lowest BCUT2D eigenvalue weighted by Crippen LogP contribution is -2.15. The second-order valence-electron chi connectivity index (χ2n) is 4.17. The molecule has 76 valence electrons. The molecule has 2 heterocycles. The van der Waals surface area contributed by atoms with Crippen LogP contribution in [0, 0.1) is 18.3 Å². The summed E-state index contributed by atoms with van der Waals surface area (Å²) in [6.07, 6.45) is 3.60. The smallest absolute Gasteiger partial charge is 0.155 e. The van der Waals surface area contributed by atoms with Gasteiger partial charge in [0.15, 0.2) is 5.65 Å². The van der Waals surface area contributed by atoms with Crippen molar-refractivity contribution in [1.82, 2.24) is 14.6 Å². The van der Waals surface area contributed by atoms with Gasteiger partial charge < -0.3 is 0 Å². The lowest BCUT2D eigenvalue weighted by atomic mass is 9.89. The van der Waals surface area contributed by atoms with Crippen molar-refractivity contribution in [2.45, 2.75) is 26.2 Å². The molecule has 0 spiro atoms. The minimum Gasteiger partial charge on any atom is -0.237 e. The number of hydrogen-bond acceptors (Lipinski definition) is 3. The molecule has 0 aliphatic carbocycles. The van der Waals surface area contributed by atoms with Crippen LogP contribution in [0.25, 0.3) is 5.65 Å². The Morgan fingerprint density at radius 3 is 2.87 bits per heavy atom. The number of aryl methyl sites for hydroxylation is 1. The molecule has 4 heteroatoms. The Kier molecular flexibility index (Phi) is 1.97. The van der Waals surface area contributed by atoms with Crippen LogP contribution in [0.1, 0.15) is 25.1 Å². The van der Waals surface area contributed by atoms with Gasteiger partial charge >= 0.3 is 0 Å². The van der Waals surface area contributed by atoms with Gasteiger partial charge in [0.25, 0.3) is 0 Å². The van der Waals surface area contributed by atoms with Crippen molar-refractivity contribution in [2.24, 2.45) is 0 Å². The first-order chi connectivity index (χ1) is 7.03. The largest absolute Gasteiger partial charge is 0.237 e. The summed E-state index contributed by atoms with van der Waals surface area (Å²) in [4.78, 5) is 4.27. The van der Waals surface area contributed by atoms with Crippen LogP contribution in [0.3, 0.4) is 0 Å². The molecular weight excluding hydrogens is 188 g/mol. The standard InChI is InChI=1S/C11H12N4/c1-8-4-10-13-5-9(6-15(10)14-8)11(2,3)7-12/h4-6H,1-3H3.